The molecule has 0 amide bonds. The minimum absolute atomic E-state index is 0.0582. The van der Waals surface area contributed by atoms with Gasteiger partial charge in [-0.15, -0.1) is 0 Å². The van der Waals surface area contributed by atoms with E-state index in [-0.39, 0.29) is 28.9 Å². The van der Waals surface area contributed by atoms with Crippen LogP contribution in [0.25, 0.3) is 0 Å². The van der Waals surface area contributed by atoms with Crippen molar-refractivity contribution in [2.75, 3.05) is 26.2 Å². The largest absolute Gasteiger partial charge is 0.392 e. The summed E-state index contributed by atoms with van der Waals surface area (Å²) in [5.74, 6) is 0.691. The summed E-state index contributed by atoms with van der Waals surface area (Å²) in [6, 6.07) is 6.97. The van der Waals surface area contributed by atoms with E-state index in [9.17, 15) is 9.50 Å². The number of hydrogen-bond donors (Lipinski definition) is 1. The molecule has 4 heterocycles. The molecule has 4 saturated heterocycles. The van der Waals surface area contributed by atoms with Gasteiger partial charge in [0.1, 0.15) is 5.82 Å². The lowest BCUT2D eigenvalue weighted by Gasteiger charge is -2.71. The van der Waals surface area contributed by atoms with Crippen molar-refractivity contribution in [1.29, 1.82) is 0 Å². The quantitative estimate of drug-likeness (QED) is 0.921. The Kier molecular flexibility index (Phi) is 3.62. The van der Waals surface area contributed by atoms with Crippen molar-refractivity contribution in [3.05, 3.63) is 35.6 Å². The Morgan fingerprint density at radius 2 is 1.33 bits per heavy atom. The molecule has 1 aromatic rings. The summed E-state index contributed by atoms with van der Waals surface area (Å²) in [7, 11) is 0. The average Bonchev–Trinajstić information content (AvgIpc) is 2.52. The lowest BCUT2D eigenvalue weighted by Crippen LogP contribution is -2.80. The summed E-state index contributed by atoms with van der Waals surface area (Å²) in [5.41, 5.74) is 1.05. The first-order valence-corrected chi connectivity index (χ1v) is 9.22. The number of aliphatic hydroxyl groups excluding tert-OH is 1. The van der Waals surface area contributed by atoms with Gasteiger partial charge in [-0.25, -0.2) is 4.39 Å². The maximum atomic E-state index is 13.3. The lowest BCUT2D eigenvalue weighted by molar-refractivity contribution is -0.287. The third-order valence-corrected chi connectivity index (χ3v) is 7.24. The summed E-state index contributed by atoms with van der Waals surface area (Å²) >= 11 is 0. The minimum Gasteiger partial charge on any atom is -0.392 e. The Hall–Kier alpha value is -0.970. The molecular formula is C20H29FN2O. The molecule has 1 aromatic carbocycles. The van der Waals surface area contributed by atoms with E-state index in [2.05, 4.69) is 37.5 Å². The third-order valence-electron chi connectivity index (χ3n) is 7.24. The molecule has 4 heteroatoms. The Morgan fingerprint density at radius 1 is 0.917 bits per heavy atom. The van der Waals surface area contributed by atoms with Crippen LogP contribution >= 0.6 is 0 Å². The molecule has 0 spiro atoms. The molecular weight excluding hydrogens is 303 g/mol. The van der Waals surface area contributed by atoms with Gasteiger partial charge < -0.3 is 5.11 Å². The number of aliphatic hydroxyl groups is 1. The monoisotopic (exact) mass is 332 g/mol. The van der Waals surface area contributed by atoms with Crippen LogP contribution in [-0.2, 0) is 0 Å². The fourth-order valence-corrected chi connectivity index (χ4v) is 5.64. The summed E-state index contributed by atoms with van der Waals surface area (Å²) in [4.78, 5) is 5.07. The predicted octanol–water partition coefficient (Wildman–Crippen LogP) is 3.11. The second-order valence-corrected chi connectivity index (χ2v) is 8.91. The van der Waals surface area contributed by atoms with E-state index < -0.39 is 0 Å². The van der Waals surface area contributed by atoms with Gasteiger partial charge in [0.05, 0.1) is 12.3 Å². The first kappa shape index (κ1) is 16.5. The van der Waals surface area contributed by atoms with Crippen molar-refractivity contribution in [3.8, 4) is 0 Å². The van der Waals surface area contributed by atoms with Crippen molar-refractivity contribution in [3.63, 3.8) is 0 Å². The molecule has 5 rings (SSSR count). The van der Waals surface area contributed by atoms with Crippen LogP contribution in [0.5, 0.6) is 0 Å². The lowest BCUT2D eigenvalue weighted by atomic mass is 9.52. The summed E-state index contributed by atoms with van der Waals surface area (Å²) in [5, 5.41) is 11.4. The Morgan fingerprint density at radius 3 is 1.71 bits per heavy atom. The van der Waals surface area contributed by atoms with E-state index in [0.717, 1.165) is 26.2 Å². The van der Waals surface area contributed by atoms with Crippen molar-refractivity contribution >= 4 is 0 Å². The Bertz CT molecular complexity index is 583. The van der Waals surface area contributed by atoms with Crippen LogP contribution in [0.1, 0.15) is 39.4 Å². The maximum absolute atomic E-state index is 13.3. The normalized spacial score (nSPS) is 43.8. The van der Waals surface area contributed by atoms with Gasteiger partial charge in [0.15, 0.2) is 0 Å². The number of benzene rings is 1. The molecule has 24 heavy (non-hydrogen) atoms. The molecule has 3 nitrogen and oxygen atoms in total. The van der Waals surface area contributed by atoms with E-state index in [1.54, 1.807) is 12.1 Å². The Balaban J connectivity index is 1.76. The zero-order chi connectivity index (χ0) is 17.3. The van der Waals surface area contributed by atoms with Gasteiger partial charge in [0.2, 0.25) is 0 Å². The molecule has 0 aliphatic carbocycles. The van der Waals surface area contributed by atoms with Crippen LogP contribution in [-0.4, -0.2) is 47.2 Å². The van der Waals surface area contributed by atoms with Gasteiger partial charge >= 0.3 is 0 Å². The average molecular weight is 332 g/mol. The molecule has 1 N–H and O–H groups in total. The fraction of sp³-hybridized carbons (Fsp3) is 0.700. The van der Waals surface area contributed by atoms with Crippen molar-refractivity contribution < 1.29 is 9.50 Å². The SMILES string of the molecule is CC(C)C12CN3CC(C(C)C)(CN(C1)C3c1ccc(F)cc1)C2O. The van der Waals surface area contributed by atoms with E-state index in [0.29, 0.717) is 11.8 Å². The maximum Gasteiger partial charge on any atom is 0.123 e. The van der Waals surface area contributed by atoms with E-state index >= 15 is 0 Å². The van der Waals surface area contributed by atoms with Gasteiger partial charge in [0.25, 0.3) is 0 Å². The highest BCUT2D eigenvalue weighted by Crippen LogP contribution is 2.59. The highest BCUT2D eigenvalue weighted by atomic mass is 19.1. The van der Waals surface area contributed by atoms with Gasteiger partial charge in [-0.3, -0.25) is 9.80 Å². The minimum atomic E-state index is -0.244. The number of rotatable bonds is 3. The van der Waals surface area contributed by atoms with Gasteiger partial charge in [-0.2, -0.15) is 0 Å². The van der Waals surface area contributed by atoms with E-state index in [1.807, 2.05) is 12.1 Å². The molecule has 4 aliphatic heterocycles. The molecule has 0 unspecified atom stereocenters. The number of halogens is 1. The Labute approximate surface area is 144 Å². The van der Waals surface area contributed by atoms with Crippen molar-refractivity contribution in [1.82, 2.24) is 9.80 Å². The first-order valence-electron chi connectivity index (χ1n) is 9.22. The first-order chi connectivity index (χ1) is 11.3. The van der Waals surface area contributed by atoms with Crippen LogP contribution in [0.3, 0.4) is 0 Å². The fourth-order valence-electron chi connectivity index (χ4n) is 5.64. The smallest absolute Gasteiger partial charge is 0.123 e. The van der Waals surface area contributed by atoms with Crippen LogP contribution in [0.15, 0.2) is 24.3 Å². The van der Waals surface area contributed by atoms with Gasteiger partial charge in [-0.05, 0) is 29.5 Å². The molecule has 4 aliphatic rings. The highest BCUT2D eigenvalue weighted by Gasteiger charge is 2.66. The zero-order valence-electron chi connectivity index (χ0n) is 15.2. The third kappa shape index (κ3) is 2.00. The standard InChI is InChI=1S/C20H29FN2O/c1-13(2)19-9-22-11-20(14(3)4,18(19)24)12-23(10-19)17(22)15-5-7-16(21)8-6-15/h5-8,13-14,17-18,24H,9-12H2,1-4H3. The van der Waals surface area contributed by atoms with Crippen LogP contribution in [0.2, 0.25) is 0 Å². The topological polar surface area (TPSA) is 26.7 Å². The van der Waals surface area contributed by atoms with Crippen LogP contribution in [0.4, 0.5) is 4.39 Å². The zero-order valence-corrected chi connectivity index (χ0v) is 15.2. The van der Waals surface area contributed by atoms with Crippen molar-refractivity contribution in [2.45, 2.75) is 40.0 Å². The molecule has 4 fully saturated rings. The second-order valence-electron chi connectivity index (χ2n) is 8.91. The molecule has 0 radical (unpaired) electrons. The van der Waals surface area contributed by atoms with Gasteiger partial charge in [-0.1, -0.05) is 39.8 Å². The van der Waals surface area contributed by atoms with Gasteiger partial charge in [0, 0.05) is 37.0 Å². The molecule has 4 bridgehead atoms. The number of nitrogens with zero attached hydrogens (tertiary/aromatic N) is 2. The van der Waals surface area contributed by atoms with Crippen LogP contribution < -0.4 is 0 Å². The number of hydrogen-bond acceptors (Lipinski definition) is 3. The highest BCUT2D eigenvalue weighted by molar-refractivity contribution is 5.26. The summed E-state index contributed by atoms with van der Waals surface area (Å²) in [6.07, 6.45) is -0.0245. The predicted molar refractivity (Wildman–Crippen MR) is 92.8 cm³/mol. The summed E-state index contributed by atoms with van der Waals surface area (Å²) < 4.78 is 13.3. The van der Waals surface area contributed by atoms with E-state index in [1.165, 1.54) is 5.56 Å². The number of piperidine rings is 2. The van der Waals surface area contributed by atoms with Crippen LogP contribution in [0, 0.1) is 28.5 Å². The molecule has 132 valence electrons. The molecule has 0 saturated carbocycles. The molecule has 0 aromatic heterocycles. The summed E-state index contributed by atoms with van der Waals surface area (Å²) in [6.45, 7) is 12.7. The molecule has 0 atom stereocenters. The second kappa shape index (κ2) is 5.26. The van der Waals surface area contributed by atoms with Crippen molar-refractivity contribution in [2.24, 2.45) is 22.7 Å². The van der Waals surface area contributed by atoms with E-state index in [4.69, 9.17) is 0 Å².